The van der Waals surface area contributed by atoms with E-state index in [0.717, 1.165) is 19.3 Å². The largest absolute Gasteiger partial charge is 0.394 e. The van der Waals surface area contributed by atoms with E-state index >= 15 is 0 Å². The molecule has 0 amide bonds. The summed E-state index contributed by atoms with van der Waals surface area (Å²) in [5, 5.41) is 73.6. The minimum atomic E-state index is -1.58. The van der Waals surface area contributed by atoms with E-state index in [2.05, 4.69) is 13.5 Å². The molecule has 3 aliphatic carbocycles. The Morgan fingerprint density at radius 2 is 1.71 bits per heavy atom. The summed E-state index contributed by atoms with van der Waals surface area (Å²) in [4.78, 5) is 0. The van der Waals surface area contributed by atoms with E-state index in [9.17, 15) is 35.7 Å². The van der Waals surface area contributed by atoms with Gasteiger partial charge < -0.3 is 45.2 Å². The molecule has 0 aromatic carbocycles. The number of fused-ring (bicyclic) bond motifs is 2. The van der Waals surface area contributed by atoms with Crippen LogP contribution in [0.5, 0.6) is 0 Å². The number of aliphatic hydroxyl groups excluding tert-OH is 7. The fourth-order valence-electron chi connectivity index (χ4n) is 7.54. The van der Waals surface area contributed by atoms with Gasteiger partial charge in [-0.25, -0.2) is 0 Å². The second-order valence-corrected chi connectivity index (χ2v) is 12.0. The lowest BCUT2D eigenvalue weighted by Crippen LogP contribution is -2.65. The number of allylic oxidation sites excluding steroid dienone is 2. The van der Waals surface area contributed by atoms with Crippen molar-refractivity contribution in [1.29, 1.82) is 0 Å². The Labute approximate surface area is 206 Å². The van der Waals surface area contributed by atoms with Crippen LogP contribution in [0.3, 0.4) is 0 Å². The summed E-state index contributed by atoms with van der Waals surface area (Å²) in [5.74, 6) is -0.440. The molecule has 200 valence electrons. The van der Waals surface area contributed by atoms with Gasteiger partial charge in [-0.3, -0.25) is 0 Å². The molecule has 0 aromatic heterocycles. The number of rotatable bonds is 5. The molecule has 35 heavy (non-hydrogen) atoms. The van der Waals surface area contributed by atoms with E-state index in [1.54, 1.807) is 6.92 Å². The van der Waals surface area contributed by atoms with Gasteiger partial charge in [-0.15, -0.1) is 6.58 Å². The van der Waals surface area contributed by atoms with Crippen LogP contribution < -0.4 is 0 Å². The Kier molecular flexibility index (Phi) is 7.34. The smallest absolute Gasteiger partial charge is 0.186 e. The van der Waals surface area contributed by atoms with Crippen molar-refractivity contribution in [3.8, 4) is 0 Å². The number of hydrogen-bond donors (Lipinski definition) is 7. The summed E-state index contributed by atoms with van der Waals surface area (Å²) in [6.07, 6.45) is -4.86. The van der Waals surface area contributed by atoms with Gasteiger partial charge in [-0.2, -0.15) is 0 Å². The first-order chi connectivity index (χ1) is 16.3. The Morgan fingerprint density at radius 3 is 2.34 bits per heavy atom. The average Bonchev–Trinajstić information content (AvgIpc) is 2.80. The van der Waals surface area contributed by atoms with Gasteiger partial charge in [0.15, 0.2) is 6.29 Å². The molecule has 9 heteroatoms. The lowest BCUT2D eigenvalue weighted by molar-refractivity contribution is -0.316. The normalized spacial score (nSPS) is 52.6. The van der Waals surface area contributed by atoms with Crippen LogP contribution in [0.15, 0.2) is 23.8 Å². The molecule has 0 spiro atoms. The van der Waals surface area contributed by atoms with Crippen LogP contribution >= 0.6 is 0 Å². The topological polar surface area (TPSA) is 160 Å². The quantitative estimate of drug-likeness (QED) is 0.259. The fourth-order valence-corrected chi connectivity index (χ4v) is 7.54. The first kappa shape index (κ1) is 27.2. The second kappa shape index (κ2) is 9.45. The third kappa shape index (κ3) is 4.32. The molecule has 4 rings (SSSR count). The van der Waals surface area contributed by atoms with Crippen molar-refractivity contribution in [2.24, 2.45) is 22.2 Å². The predicted molar refractivity (Wildman–Crippen MR) is 126 cm³/mol. The highest BCUT2D eigenvalue weighted by atomic mass is 16.7. The molecule has 0 aromatic rings. The van der Waals surface area contributed by atoms with Crippen molar-refractivity contribution in [2.45, 2.75) is 102 Å². The Hall–Kier alpha value is -0.880. The Balaban J connectivity index is 1.63. The van der Waals surface area contributed by atoms with Gasteiger partial charge in [0.2, 0.25) is 0 Å². The van der Waals surface area contributed by atoms with Crippen molar-refractivity contribution >= 4 is 0 Å². The number of ether oxygens (including phenoxy) is 2. The molecule has 7 N–H and O–H groups in total. The molecule has 1 saturated carbocycles. The molecule has 9 nitrogen and oxygen atoms in total. The van der Waals surface area contributed by atoms with Crippen LogP contribution in [0.2, 0.25) is 0 Å². The van der Waals surface area contributed by atoms with Gasteiger partial charge in [-0.05, 0) is 42.9 Å². The molecular formula is C26H42O9. The van der Waals surface area contributed by atoms with Crippen LogP contribution in [-0.4, -0.2) is 98.0 Å². The zero-order chi connectivity index (χ0) is 25.9. The summed E-state index contributed by atoms with van der Waals surface area (Å²) >= 11 is 0. The number of hydrogen-bond acceptors (Lipinski definition) is 9. The molecule has 0 unspecified atom stereocenters. The van der Waals surface area contributed by atoms with Crippen molar-refractivity contribution in [1.82, 2.24) is 0 Å². The van der Waals surface area contributed by atoms with Crippen LogP contribution in [-0.2, 0) is 9.47 Å². The highest BCUT2D eigenvalue weighted by Crippen LogP contribution is 2.63. The van der Waals surface area contributed by atoms with E-state index in [-0.39, 0.29) is 12.0 Å². The first-order valence-corrected chi connectivity index (χ1v) is 12.6. The lowest BCUT2D eigenvalue weighted by Gasteiger charge is -2.62. The van der Waals surface area contributed by atoms with Crippen molar-refractivity contribution in [3.63, 3.8) is 0 Å². The zero-order valence-electron chi connectivity index (χ0n) is 20.9. The average molecular weight is 499 g/mol. The van der Waals surface area contributed by atoms with Gasteiger partial charge >= 0.3 is 0 Å². The minimum Gasteiger partial charge on any atom is -0.394 e. The van der Waals surface area contributed by atoms with Crippen molar-refractivity contribution in [2.75, 3.05) is 13.2 Å². The molecule has 1 saturated heterocycles. The highest BCUT2D eigenvalue weighted by Gasteiger charge is 2.63. The van der Waals surface area contributed by atoms with Gasteiger partial charge in [0, 0.05) is 11.3 Å². The first-order valence-electron chi connectivity index (χ1n) is 12.6. The lowest BCUT2D eigenvalue weighted by atomic mass is 9.45. The third-order valence-electron chi connectivity index (χ3n) is 9.49. The van der Waals surface area contributed by atoms with E-state index in [0.29, 0.717) is 12.8 Å². The molecule has 0 bridgehead atoms. The minimum absolute atomic E-state index is 0.0376. The molecule has 4 aliphatic rings. The standard InChI is InChI=1S/C26H42O9/c1-5-24(2)7-6-14-13(9-24)8-15(28)21-25(14,3)10-16(29)22(33)26(21,4)12-34-23-20(32)19(31)18(30)17(11-27)35-23/h5,15-23,27-33H,1,6-12H2,2-4H3/t15-,16-,17-,18-,19-,20+,21-,22+,23-,24+,25-,26-/m1/s1. The molecule has 1 heterocycles. The Morgan fingerprint density at radius 1 is 1.03 bits per heavy atom. The summed E-state index contributed by atoms with van der Waals surface area (Å²) in [6, 6.07) is 0. The number of aliphatic hydroxyl groups is 7. The summed E-state index contributed by atoms with van der Waals surface area (Å²) in [6.45, 7) is 9.21. The van der Waals surface area contributed by atoms with Gasteiger partial charge in [0.25, 0.3) is 0 Å². The second-order valence-electron chi connectivity index (χ2n) is 12.0. The summed E-state index contributed by atoms with van der Waals surface area (Å²) in [5.41, 5.74) is 0.719. The van der Waals surface area contributed by atoms with Crippen molar-refractivity contribution in [3.05, 3.63) is 23.8 Å². The van der Waals surface area contributed by atoms with E-state index in [1.165, 1.54) is 11.1 Å². The van der Waals surface area contributed by atoms with Crippen molar-refractivity contribution < 1.29 is 45.2 Å². The van der Waals surface area contributed by atoms with Crippen LogP contribution in [0.1, 0.15) is 52.9 Å². The van der Waals surface area contributed by atoms with E-state index in [1.807, 2.05) is 13.0 Å². The molecule has 1 aliphatic heterocycles. The zero-order valence-corrected chi connectivity index (χ0v) is 20.9. The maximum Gasteiger partial charge on any atom is 0.186 e. The van der Waals surface area contributed by atoms with E-state index < -0.39 is 72.4 Å². The summed E-state index contributed by atoms with van der Waals surface area (Å²) in [7, 11) is 0. The monoisotopic (exact) mass is 498 g/mol. The van der Waals surface area contributed by atoms with E-state index in [4.69, 9.17) is 9.47 Å². The molecule has 0 radical (unpaired) electrons. The Bertz CT molecular complexity index is 845. The van der Waals surface area contributed by atoms with Gasteiger partial charge in [0.05, 0.1) is 31.5 Å². The maximum absolute atomic E-state index is 11.4. The fraction of sp³-hybridized carbons (Fsp3) is 0.846. The molecular weight excluding hydrogens is 456 g/mol. The van der Waals surface area contributed by atoms with Gasteiger partial charge in [0.1, 0.15) is 24.4 Å². The van der Waals surface area contributed by atoms with Gasteiger partial charge in [-0.1, -0.05) is 38.0 Å². The molecule has 2 fully saturated rings. The SMILES string of the molecule is C=C[C@@]1(C)CCC2=C(C[C@@H](O)[C@H]3[C@@](C)(CO[C@@H]4O[C@H](CO)[C@@H](O)[C@@H](O)[C@@H]4O)[C@@H](O)[C@H](O)C[C@]23C)C1. The van der Waals surface area contributed by atoms with Crippen LogP contribution in [0.4, 0.5) is 0 Å². The third-order valence-corrected chi connectivity index (χ3v) is 9.49. The maximum atomic E-state index is 11.4. The van der Waals surface area contributed by atoms with Crippen LogP contribution in [0.25, 0.3) is 0 Å². The highest BCUT2D eigenvalue weighted by molar-refractivity contribution is 5.35. The van der Waals surface area contributed by atoms with Crippen LogP contribution in [0, 0.1) is 22.2 Å². The summed E-state index contributed by atoms with van der Waals surface area (Å²) < 4.78 is 11.4. The predicted octanol–water partition coefficient (Wildman–Crippen LogP) is -0.00540. The molecule has 12 atom stereocenters.